The van der Waals surface area contributed by atoms with Gasteiger partial charge in [-0.2, -0.15) is 5.26 Å². The summed E-state index contributed by atoms with van der Waals surface area (Å²) in [5, 5.41) is 15.3. The third-order valence-corrected chi connectivity index (χ3v) is 5.82. The van der Waals surface area contributed by atoms with Crippen LogP contribution in [0.15, 0.2) is 60.2 Å². The van der Waals surface area contributed by atoms with E-state index in [1.165, 1.54) is 6.08 Å². The maximum atomic E-state index is 12.8. The Labute approximate surface area is 217 Å². The van der Waals surface area contributed by atoms with Gasteiger partial charge in [-0.1, -0.05) is 30.3 Å². The lowest BCUT2D eigenvalue weighted by atomic mass is 10.1. The number of nitrogens with one attached hydrogen (secondary N) is 2. The molecule has 3 rings (SSSR count). The van der Waals surface area contributed by atoms with Crippen LogP contribution >= 0.6 is 0 Å². The second-order valence-corrected chi connectivity index (χ2v) is 8.67. The van der Waals surface area contributed by atoms with Crippen LogP contribution in [0.5, 0.6) is 11.5 Å². The van der Waals surface area contributed by atoms with Gasteiger partial charge in [0.2, 0.25) is 0 Å². The van der Waals surface area contributed by atoms with Gasteiger partial charge in [-0.25, -0.2) is 0 Å². The molecular formula is C30H31N3O4. The van der Waals surface area contributed by atoms with Crippen LogP contribution in [0.1, 0.15) is 34.7 Å². The molecule has 0 aliphatic heterocycles. The van der Waals surface area contributed by atoms with Gasteiger partial charge in [0.25, 0.3) is 11.8 Å². The molecule has 0 spiro atoms. The highest BCUT2D eigenvalue weighted by atomic mass is 16.5. The molecule has 7 heteroatoms. The van der Waals surface area contributed by atoms with Crippen molar-refractivity contribution in [1.82, 2.24) is 0 Å². The molecule has 0 saturated heterocycles. The first-order valence-corrected chi connectivity index (χ1v) is 12.0. The first kappa shape index (κ1) is 27.0. The fraction of sp³-hybridized carbons (Fsp3) is 0.233. The Morgan fingerprint density at radius 1 is 0.892 bits per heavy atom. The molecule has 0 bridgehead atoms. The molecule has 0 heterocycles. The number of rotatable bonds is 9. The molecule has 3 aromatic carbocycles. The molecule has 0 aliphatic rings. The molecule has 2 N–H and O–H groups in total. The molecule has 0 aromatic heterocycles. The summed E-state index contributed by atoms with van der Waals surface area (Å²) in [4.78, 5) is 25.2. The van der Waals surface area contributed by atoms with Crippen LogP contribution in [0.25, 0.3) is 6.08 Å². The molecule has 7 nitrogen and oxygen atoms in total. The largest absolute Gasteiger partial charge is 0.490 e. The predicted molar refractivity (Wildman–Crippen MR) is 146 cm³/mol. The normalized spacial score (nSPS) is 10.9. The average Bonchev–Trinajstić information content (AvgIpc) is 2.87. The zero-order chi connectivity index (χ0) is 26.9. The summed E-state index contributed by atoms with van der Waals surface area (Å²) in [7, 11) is 0. The Balaban J connectivity index is 1.74. The zero-order valence-corrected chi connectivity index (χ0v) is 21.8. The molecule has 0 atom stereocenters. The Morgan fingerprint density at radius 2 is 1.68 bits per heavy atom. The Bertz CT molecular complexity index is 1390. The van der Waals surface area contributed by atoms with E-state index in [0.717, 1.165) is 27.9 Å². The highest BCUT2D eigenvalue weighted by molar-refractivity contribution is 6.10. The molecule has 37 heavy (non-hydrogen) atoms. The smallest absolute Gasteiger partial charge is 0.266 e. The Hall–Kier alpha value is -4.57. The summed E-state index contributed by atoms with van der Waals surface area (Å²) in [5.74, 6) is -0.0101. The van der Waals surface area contributed by atoms with Crippen LogP contribution in [-0.4, -0.2) is 25.0 Å². The predicted octanol–water partition coefficient (Wildman–Crippen LogP) is 5.88. The van der Waals surface area contributed by atoms with Crippen molar-refractivity contribution in [1.29, 1.82) is 5.26 Å². The second-order valence-electron chi connectivity index (χ2n) is 8.67. The van der Waals surface area contributed by atoms with Gasteiger partial charge in [-0.3, -0.25) is 9.59 Å². The number of amides is 2. The molecule has 190 valence electrons. The lowest BCUT2D eigenvalue weighted by Gasteiger charge is -2.14. The van der Waals surface area contributed by atoms with E-state index in [0.29, 0.717) is 29.4 Å². The summed E-state index contributed by atoms with van der Waals surface area (Å²) >= 11 is 0. The van der Waals surface area contributed by atoms with Crippen LogP contribution in [0, 0.1) is 39.0 Å². The first-order valence-electron chi connectivity index (χ1n) is 12.0. The number of aryl methyl sites for hydroxylation is 3. The van der Waals surface area contributed by atoms with Crippen molar-refractivity contribution >= 4 is 29.3 Å². The summed E-state index contributed by atoms with van der Waals surface area (Å²) in [6.07, 6.45) is 1.49. The van der Waals surface area contributed by atoms with E-state index in [1.807, 2.05) is 71.0 Å². The van der Waals surface area contributed by atoms with Crippen molar-refractivity contribution in [3.8, 4) is 17.6 Å². The van der Waals surface area contributed by atoms with Crippen LogP contribution in [0.3, 0.4) is 0 Å². The Morgan fingerprint density at radius 3 is 2.41 bits per heavy atom. The number of carbonyl (C=O) groups excluding carboxylic acids is 2. The molecule has 3 aromatic rings. The fourth-order valence-electron chi connectivity index (χ4n) is 3.59. The molecule has 0 saturated carbocycles. The molecule has 0 radical (unpaired) electrons. The SMILES string of the molecule is CCOc1cc(/C=C(/C#N)C(=O)Nc2cccc(C)c2C)ccc1OCC(=O)Nc1cc(C)ccc1C. The monoisotopic (exact) mass is 497 g/mol. The topological polar surface area (TPSA) is 100 Å². The van der Waals surface area contributed by atoms with E-state index in [9.17, 15) is 14.9 Å². The quantitative estimate of drug-likeness (QED) is 0.284. The zero-order valence-electron chi connectivity index (χ0n) is 21.8. The number of nitrogens with zero attached hydrogens (tertiary/aromatic N) is 1. The van der Waals surface area contributed by atoms with Crippen molar-refractivity contribution in [2.75, 3.05) is 23.8 Å². The molecule has 0 aliphatic carbocycles. The highest BCUT2D eigenvalue weighted by Gasteiger charge is 2.14. The summed E-state index contributed by atoms with van der Waals surface area (Å²) in [6.45, 7) is 9.75. The highest BCUT2D eigenvalue weighted by Crippen LogP contribution is 2.30. The number of hydrogen-bond donors (Lipinski definition) is 2. The van der Waals surface area contributed by atoms with Crippen molar-refractivity contribution in [3.63, 3.8) is 0 Å². The maximum Gasteiger partial charge on any atom is 0.266 e. The number of carbonyl (C=O) groups is 2. The lowest BCUT2D eigenvalue weighted by molar-refractivity contribution is -0.118. The van der Waals surface area contributed by atoms with Gasteiger partial charge >= 0.3 is 0 Å². The van der Waals surface area contributed by atoms with E-state index in [4.69, 9.17) is 9.47 Å². The van der Waals surface area contributed by atoms with E-state index < -0.39 is 5.91 Å². The fourth-order valence-corrected chi connectivity index (χ4v) is 3.59. The molecule has 0 fully saturated rings. The van der Waals surface area contributed by atoms with Gasteiger partial charge in [0.05, 0.1) is 6.61 Å². The number of anilines is 2. The molecular weight excluding hydrogens is 466 g/mol. The third kappa shape index (κ3) is 7.21. The van der Waals surface area contributed by atoms with Gasteiger partial charge in [-0.05, 0) is 92.8 Å². The van der Waals surface area contributed by atoms with Gasteiger partial charge in [0, 0.05) is 11.4 Å². The van der Waals surface area contributed by atoms with Crippen molar-refractivity contribution in [2.24, 2.45) is 0 Å². The van der Waals surface area contributed by atoms with Gasteiger partial charge < -0.3 is 20.1 Å². The lowest BCUT2D eigenvalue weighted by Crippen LogP contribution is -2.21. The van der Waals surface area contributed by atoms with Crippen molar-refractivity contribution in [2.45, 2.75) is 34.6 Å². The van der Waals surface area contributed by atoms with Crippen molar-refractivity contribution < 1.29 is 19.1 Å². The standard InChI is InChI=1S/C30H31N3O4/c1-6-36-28-16-23(15-24(17-31)30(35)33-25-9-7-8-20(3)22(25)5)12-13-27(28)37-18-29(34)32-26-14-19(2)10-11-21(26)4/h7-16H,6,18H2,1-5H3,(H,32,34)(H,33,35)/b24-15-. The van der Waals surface area contributed by atoms with Gasteiger partial charge in [0.1, 0.15) is 11.6 Å². The second kappa shape index (κ2) is 12.4. The number of ether oxygens (including phenoxy) is 2. The van der Waals surface area contributed by atoms with Crippen LogP contribution in [0.2, 0.25) is 0 Å². The van der Waals surface area contributed by atoms with Gasteiger partial charge in [-0.15, -0.1) is 0 Å². The summed E-state index contributed by atoms with van der Waals surface area (Å²) < 4.78 is 11.4. The summed E-state index contributed by atoms with van der Waals surface area (Å²) in [5.41, 5.74) is 5.91. The number of nitriles is 1. The minimum Gasteiger partial charge on any atom is -0.490 e. The van der Waals surface area contributed by atoms with E-state index in [2.05, 4.69) is 10.6 Å². The Kier molecular flexibility index (Phi) is 9.06. The average molecular weight is 498 g/mol. The minimum atomic E-state index is -0.502. The van der Waals surface area contributed by atoms with Crippen molar-refractivity contribution in [3.05, 3.63) is 88.0 Å². The van der Waals surface area contributed by atoms with Crippen LogP contribution in [-0.2, 0) is 9.59 Å². The van der Waals surface area contributed by atoms with Gasteiger partial charge in [0.15, 0.2) is 18.1 Å². The first-order chi connectivity index (χ1) is 17.7. The van der Waals surface area contributed by atoms with E-state index in [1.54, 1.807) is 24.3 Å². The summed E-state index contributed by atoms with van der Waals surface area (Å²) in [6, 6.07) is 18.4. The number of benzene rings is 3. The molecule has 2 amide bonds. The molecule has 0 unspecified atom stereocenters. The van der Waals surface area contributed by atoms with Crippen LogP contribution in [0.4, 0.5) is 11.4 Å². The number of hydrogen-bond acceptors (Lipinski definition) is 5. The maximum absolute atomic E-state index is 12.8. The van der Waals surface area contributed by atoms with E-state index >= 15 is 0 Å². The van der Waals surface area contributed by atoms with Crippen LogP contribution < -0.4 is 20.1 Å². The third-order valence-electron chi connectivity index (χ3n) is 5.82. The minimum absolute atomic E-state index is 0.0510. The van der Waals surface area contributed by atoms with E-state index in [-0.39, 0.29) is 18.1 Å².